The van der Waals surface area contributed by atoms with E-state index in [1.807, 2.05) is 0 Å². The summed E-state index contributed by atoms with van der Waals surface area (Å²) < 4.78 is 0. The van der Waals surface area contributed by atoms with Crippen molar-refractivity contribution in [1.29, 1.82) is 0 Å². The smallest absolute Gasteiger partial charge is 0.544 e. The van der Waals surface area contributed by atoms with Gasteiger partial charge in [0.1, 0.15) is 0 Å². The summed E-state index contributed by atoms with van der Waals surface area (Å²) in [6.07, 6.45) is 3.78. The van der Waals surface area contributed by atoms with Gasteiger partial charge in [-0.05, 0) is 20.8 Å². The molecule has 0 aromatic rings. The van der Waals surface area contributed by atoms with Gasteiger partial charge in [-0.15, -0.1) is 0 Å². The first kappa shape index (κ1) is 29.2. The Balaban J connectivity index is -0.000000108. The van der Waals surface area contributed by atoms with Crippen molar-refractivity contribution in [2.45, 2.75) is 20.8 Å². The summed E-state index contributed by atoms with van der Waals surface area (Å²) in [5.41, 5.74) is 0. The molecular formula is C12H12Cl3GaO6. The summed E-state index contributed by atoms with van der Waals surface area (Å²) in [7, 11) is 0. The van der Waals surface area contributed by atoms with E-state index in [0.29, 0.717) is 0 Å². The summed E-state index contributed by atoms with van der Waals surface area (Å²) in [6.45, 7) is 4.58. The second kappa shape index (κ2) is 18.2. The predicted octanol–water partition coefficient (Wildman–Crippen LogP) is -0.744. The molecule has 120 valence electrons. The average molecular weight is 428 g/mol. The number of aliphatic carboxylic acids is 3. The quantitative estimate of drug-likeness (QED) is 0.431. The van der Waals surface area contributed by atoms with Gasteiger partial charge >= 0.3 is 19.8 Å². The Morgan fingerprint density at radius 1 is 0.636 bits per heavy atom. The zero-order valence-electron chi connectivity index (χ0n) is 11.9. The Kier molecular flexibility index (Phi) is 24.1. The van der Waals surface area contributed by atoms with E-state index < -0.39 is 17.9 Å². The van der Waals surface area contributed by atoms with Crippen molar-refractivity contribution in [3.63, 3.8) is 0 Å². The van der Waals surface area contributed by atoms with Crippen LogP contribution in [0.4, 0.5) is 0 Å². The maximum Gasteiger partial charge on any atom is 3.00 e. The first-order chi connectivity index (χ1) is 9.54. The minimum absolute atomic E-state index is 0. The number of carboxylic acid groups (broad SMARTS) is 3. The van der Waals surface area contributed by atoms with Crippen LogP contribution < -0.4 is 15.3 Å². The maximum absolute atomic E-state index is 9.62. The molecule has 0 N–H and O–H groups in total. The fourth-order valence-corrected chi connectivity index (χ4v) is 0.354. The molecule has 0 aromatic carbocycles. The van der Waals surface area contributed by atoms with E-state index in [1.165, 1.54) is 39.0 Å². The zero-order chi connectivity index (χ0) is 17.6. The van der Waals surface area contributed by atoms with Crippen LogP contribution in [0.2, 0.25) is 0 Å². The van der Waals surface area contributed by atoms with Gasteiger partial charge in [0.25, 0.3) is 0 Å². The summed E-state index contributed by atoms with van der Waals surface area (Å²) in [5.74, 6) is -3.99. The molecule has 0 fully saturated rings. The molecule has 0 aliphatic carbocycles. The summed E-state index contributed by atoms with van der Waals surface area (Å²) >= 11 is 15.0. The van der Waals surface area contributed by atoms with Gasteiger partial charge in [0.15, 0.2) is 0 Å². The van der Waals surface area contributed by atoms with Gasteiger partial charge in [-0.1, -0.05) is 53.0 Å². The van der Waals surface area contributed by atoms with Crippen LogP contribution in [0.25, 0.3) is 0 Å². The number of halogens is 3. The largest absolute Gasteiger partial charge is 3.00 e. The third-order valence-corrected chi connectivity index (χ3v) is 2.46. The first-order valence-electron chi connectivity index (χ1n) is 5.14. The van der Waals surface area contributed by atoms with Crippen LogP contribution >= 0.6 is 34.8 Å². The number of carbonyl (C=O) groups excluding carboxylic acids is 3. The molecule has 0 aromatic heterocycles. The number of hydrogen-bond donors (Lipinski definition) is 0. The Morgan fingerprint density at radius 2 is 0.773 bits per heavy atom. The van der Waals surface area contributed by atoms with Gasteiger partial charge in [0, 0.05) is 0 Å². The molecule has 22 heavy (non-hydrogen) atoms. The van der Waals surface area contributed by atoms with Crippen molar-refractivity contribution >= 4 is 72.5 Å². The fourth-order valence-electron chi connectivity index (χ4n) is 0.354. The van der Waals surface area contributed by atoms with Gasteiger partial charge in [0.05, 0.1) is 33.0 Å². The third kappa shape index (κ3) is 21.4. The first-order valence-corrected chi connectivity index (χ1v) is 6.27. The number of carboxylic acids is 3. The van der Waals surface area contributed by atoms with Crippen molar-refractivity contribution in [2.24, 2.45) is 0 Å². The number of hydrogen-bond acceptors (Lipinski definition) is 6. The van der Waals surface area contributed by atoms with Crippen molar-refractivity contribution in [3.05, 3.63) is 33.3 Å². The minimum Gasteiger partial charge on any atom is -0.544 e. The standard InChI is InChI=1S/3C4H5ClO2.Ga/c3*1-2-3(5)4(6)7;/h3*2H,1H3,(H,6,7);/q;;;+3/p-3/b3*3-2-;. The van der Waals surface area contributed by atoms with Gasteiger partial charge in [0.2, 0.25) is 0 Å². The molecule has 0 amide bonds. The van der Waals surface area contributed by atoms with E-state index in [9.17, 15) is 29.7 Å². The van der Waals surface area contributed by atoms with Crippen LogP contribution in [0.5, 0.6) is 0 Å². The average Bonchev–Trinajstić information content (AvgIpc) is 2.45. The topological polar surface area (TPSA) is 120 Å². The molecule has 0 saturated carbocycles. The van der Waals surface area contributed by atoms with E-state index in [4.69, 9.17) is 34.8 Å². The van der Waals surface area contributed by atoms with E-state index in [2.05, 4.69) is 0 Å². The number of rotatable bonds is 3. The maximum atomic E-state index is 9.62. The molecule has 10 heteroatoms. The van der Waals surface area contributed by atoms with Crippen molar-refractivity contribution in [3.8, 4) is 0 Å². The molecular weight excluding hydrogens is 416 g/mol. The Morgan fingerprint density at radius 3 is 0.773 bits per heavy atom. The SMILES string of the molecule is C/C=C(\Cl)C(=O)[O-].C/C=C(\Cl)C(=O)[O-].C/C=C(\Cl)C(=O)[O-].[Ga+3]. The summed E-state index contributed by atoms with van der Waals surface area (Å²) in [6, 6.07) is 0. The van der Waals surface area contributed by atoms with Gasteiger partial charge < -0.3 is 29.7 Å². The Labute approximate surface area is 156 Å². The molecule has 0 aliphatic heterocycles. The molecule has 0 heterocycles. The van der Waals surface area contributed by atoms with Gasteiger partial charge in [-0.3, -0.25) is 0 Å². The minimum atomic E-state index is -1.33. The van der Waals surface area contributed by atoms with E-state index in [-0.39, 0.29) is 34.9 Å². The van der Waals surface area contributed by atoms with Crippen molar-refractivity contribution in [1.82, 2.24) is 0 Å². The number of allylic oxidation sites excluding steroid dienone is 3. The van der Waals surface area contributed by atoms with Crippen LogP contribution in [0.15, 0.2) is 33.3 Å². The van der Waals surface area contributed by atoms with Crippen LogP contribution in [0, 0.1) is 0 Å². The van der Waals surface area contributed by atoms with Crippen molar-refractivity contribution in [2.75, 3.05) is 0 Å². The van der Waals surface area contributed by atoms with Crippen LogP contribution in [0.3, 0.4) is 0 Å². The molecule has 0 saturated heterocycles. The second-order valence-corrected chi connectivity index (χ2v) is 3.99. The monoisotopic (exact) mass is 426 g/mol. The van der Waals surface area contributed by atoms with E-state index in [0.717, 1.165) is 0 Å². The predicted molar refractivity (Wildman–Crippen MR) is 79.6 cm³/mol. The van der Waals surface area contributed by atoms with Crippen molar-refractivity contribution < 1.29 is 29.7 Å². The number of carbonyl (C=O) groups is 3. The fraction of sp³-hybridized carbons (Fsp3) is 0.250. The molecule has 0 aliphatic rings. The van der Waals surface area contributed by atoms with Gasteiger partial charge in [-0.25, -0.2) is 0 Å². The normalized spacial score (nSPS) is 10.9. The molecule has 0 atom stereocenters. The van der Waals surface area contributed by atoms with E-state index in [1.54, 1.807) is 0 Å². The zero-order valence-corrected chi connectivity index (χ0v) is 16.6. The molecule has 6 nitrogen and oxygen atoms in total. The molecule has 0 rings (SSSR count). The third-order valence-electron chi connectivity index (χ3n) is 1.35. The van der Waals surface area contributed by atoms with Crippen LogP contribution in [-0.4, -0.2) is 37.7 Å². The molecule has 0 spiro atoms. The Hall–Kier alpha value is -0.864. The second-order valence-electron chi connectivity index (χ2n) is 2.77. The summed E-state index contributed by atoms with van der Waals surface area (Å²) in [5, 5.41) is 28.1. The van der Waals surface area contributed by atoms with Gasteiger partial charge in [-0.2, -0.15) is 0 Å². The molecule has 0 radical (unpaired) electrons. The van der Waals surface area contributed by atoms with E-state index >= 15 is 0 Å². The Bertz CT molecular complexity index is 391. The van der Waals surface area contributed by atoms with Crippen LogP contribution in [0.1, 0.15) is 20.8 Å². The molecule has 0 bridgehead atoms. The summed E-state index contributed by atoms with van der Waals surface area (Å²) in [4.78, 5) is 28.9. The van der Waals surface area contributed by atoms with Crippen LogP contribution in [-0.2, 0) is 14.4 Å². The molecule has 0 unspecified atom stereocenters.